The first-order chi connectivity index (χ1) is 29.9. The van der Waals surface area contributed by atoms with Crippen LogP contribution in [0.15, 0.2) is 97.3 Å². The first-order valence-electron chi connectivity index (χ1n) is 23.4. The van der Waals surface area contributed by atoms with Gasteiger partial charge in [-0.3, -0.25) is 9.97 Å². The fourth-order valence-electron chi connectivity index (χ4n) is 15.6. The van der Waals surface area contributed by atoms with Crippen LogP contribution in [0.5, 0.6) is 0 Å². The van der Waals surface area contributed by atoms with Crippen LogP contribution >= 0.6 is 0 Å². The predicted octanol–water partition coefficient (Wildman–Crippen LogP) is 13.5. The maximum atomic E-state index is 5.80. The number of nitrogens with zero attached hydrogens (tertiary/aromatic N) is 3. The van der Waals surface area contributed by atoms with Crippen LogP contribution in [0.2, 0.25) is 0 Å². The molecule has 0 N–H and O–H groups in total. The van der Waals surface area contributed by atoms with Crippen molar-refractivity contribution in [1.29, 1.82) is 0 Å². The largest absolute Gasteiger partial charge is 0.305 e. The zero-order valence-corrected chi connectivity index (χ0v) is 35.3. The monoisotopic (exact) mass is 785 g/mol. The normalized spacial score (nSPS) is 22.9. The molecular weight excluding hydrogens is 739 g/mol. The van der Waals surface area contributed by atoms with E-state index in [-0.39, 0.29) is 5.41 Å². The third-order valence-corrected chi connectivity index (χ3v) is 17.6. The van der Waals surface area contributed by atoms with E-state index in [0.29, 0.717) is 11.8 Å². The first-order valence-corrected chi connectivity index (χ1v) is 23.4. The highest BCUT2D eigenvalue weighted by molar-refractivity contribution is 6.31. The lowest BCUT2D eigenvalue weighted by Gasteiger charge is -2.38. The van der Waals surface area contributed by atoms with Crippen molar-refractivity contribution in [3.8, 4) is 33.4 Å². The minimum absolute atomic E-state index is 0.119. The fourth-order valence-corrected chi connectivity index (χ4v) is 15.6. The van der Waals surface area contributed by atoms with Crippen molar-refractivity contribution in [3.05, 3.63) is 159 Å². The molecule has 3 nitrogen and oxygen atoms in total. The zero-order valence-electron chi connectivity index (χ0n) is 35.3. The molecule has 8 aliphatic rings. The molecule has 294 valence electrons. The van der Waals surface area contributed by atoms with Gasteiger partial charge in [0.15, 0.2) is 0 Å². The van der Waals surface area contributed by atoms with Crippen LogP contribution in [-0.4, -0.2) is 14.4 Å². The quantitative estimate of drug-likeness (QED) is 0.153. The van der Waals surface area contributed by atoms with Crippen molar-refractivity contribution >= 4 is 38.1 Å². The van der Waals surface area contributed by atoms with E-state index in [4.69, 9.17) is 9.97 Å². The zero-order chi connectivity index (χ0) is 39.8. The standard InChI is InChI=1S/C58H47N3/c1-57(2,3)35-25-31-16-18-39-48-40(19-17-32(26-35)46(31)48)50-53-45(61-44-27-59-54-34-23-29-20-30(24-34)22-33(21-29)47(54)52(44)49(39)55(50)61)28-60-56-51(53)38-12-6-9-15-43(38)58(56)41-13-7-4-10-36(41)37-11-5-8-14-42(37)58/h4-15,25-30,33-34H,16-24H2,1-3H3. The van der Waals surface area contributed by atoms with Gasteiger partial charge in [0.05, 0.1) is 40.1 Å². The molecule has 17 rings (SSSR count). The molecule has 2 saturated carbocycles. The molecule has 0 aliphatic heterocycles. The topological polar surface area (TPSA) is 30.2 Å². The molecule has 8 aliphatic carbocycles. The highest BCUT2D eigenvalue weighted by atomic mass is 15.0. The Kier molecular flexibility index (Phi) is 5.73. The molecule has 2 atom stereocenters. The smallest absolute Gasteiger partial charge is 0.0898 e. The van der Waals surface area contributed by atoms with E-state index in [1.165, 1.54) is 115 Å². The summed E-state index contributed by atoms with van der Waals surface area (Å²) in [7, 11) is 0. The van der Waals surface area contributed by atoms with E-state index in [9.17, 15) is 0 Å². The number of pyridine rings is 2. The Hall–Kier alpha value is -5.80. The molecule has 61 heavy (non-hydrogen) atoms. The van der Waals surface area contributed by atoms with Crippen LogP contribution in [0, 0.1) is 11.8 Å². The summed E-state index contributed by atoms with van der Waals surface area (Å²) < 4.78 is 2.69. The Morgan fingerprint density at radius 3 is 1.77 bits per heavy atom. The highest BCUT2D eigenvalue weighted by Crippen LogP contribution is 2.65. The minimum atomic E-state index is -0.474. The summed E-state index contributed by atoms with van der Waals surface area (Å²) in [5, 5.41) is 6.02. The SMILES string of the molecule is CC(C)(C)c1cc2c3c(c1)CCc1c-3c(c3c4c5c(ncc4n4c6cnc7c(c6c1c34)C1CC3CC(CC7C3)C1)C1(c3ccccc3-c3ccccc31)c1ccccc1-5)CC2. The van der Waals surface area contributed by atoms with Gasteiger partial charge in [-0.15, -0.1) is 0 Å². The van der Waals surface area contributed by atoms with Gasteiger partial charge in [0.1, 0.15) is 0 Å². The van der Waals surface area contributed by atoms with E-state index >= 15 is 0 Å². The van der Waals surface area contributed by atoms with Crippen molar-refractivity contribution < 1.29 is 0 Å². The van der Waals surface area contributed by atoms with Gasteiger partial charge in [-0.25, -0.2) is 0 Å². The molecule has 2 unspecified atom stereocenters. The third kappa shape index (κ3) is 3.65. The lowest BCUT2D eigenvalue weighted by atomic mass is 9.67. The molecule has 2 fully saturated rings. The molecule has 0 amide bonds. The van der Waals surface area contributed by atoms with Crippen LogP contribution in [0.3, 0.4) is 0 Å². The van der Waals surface area contributed by atoms with E-state index in [2.05, 4.69) is 122 Å². The van der Waals surface area contributed by atoms with E-state index < -0.39 is 5.41 Å². The maximum absolute atomic E-state index is 5.80. The molecule has 3 heteroatoms. The molecule has 0 saturated heterocycles. The minimum Gasteiger partial charge on any atom is -0.305 e. The lowest BCUT2D eigenvalue weighted by Crippen LogP contribution is -2.26. The summed E-state index contributed by atoms with van der Waals surface area (Å²) in [6, 6.07) is 32.9. The van der Waals surface area contributed by atoms with E-state index in [1.807, 2.05) is 0 Å². The summed E-state index contributed by atoms with van der Waals surface area (Å²) in [6.45, 7) is 7.17. The number of aromatic nitrogens is 3. The Bertz CT molecular complexity index is 3460. The number of benzene rings is 5. The van der Waals surface area contributed by atoms with Crippen molar-refractivity contribution in [3.63, 3.8) is 0 Å². The molecule has 4 bridgehead atoms. The van der Waals surface area contributed by atoms with Gasteiger partial charge in [-0.1, -0.05) is 106 Å². The summed E-state index contributed by atoms with van der Waals surface area (Å²) in [6.07, 6.45) is 15.8. The first kappa shape index (κ1) is 32.9. The van der Waals surface area contributed by atoms with Gasteiger partial charge < -0.3 is 4.40 Å². The molecule has 9 aromatic rings. The highest BCUT2D eigenvalue weighted by Gasteiger charge is 2.54. The van der Waals surface area contributed by atoms with Crippen molar-refractivity contribution in [2.24, 2.45) is 11.8 Å². The van der Waals surface area contributed by atoms with E-state index in [1.54, 1.807) is 49.7 Å². The second-order valence-corrected chi connectivity index (χ2v) is 21.4. The van der Waals surface area contributed by atoms with Crippen LogP contribution in [0.25, 0.3) is 71.5 Å². The maximum Gasteiger partial charge on any atom is 0.0898 e. The predicted molar refractivity (Wildman–Crippen MR) is 247 cm³/mol. The van der Waals surface area contributed by atoms with Gasteiger partial charge in [0.25, 0.3) is 0 Å². The molecule has 1 spiro atoms. The summed E-state index contributed by atoms with van der Waals surface area (Å²) in [4.78, 5) is 11.4. The Morgan fingerprint density at radius 1 is 0.557 bits per heavy atom. The summed E-state index contributed by atoms with van der Waals surface area (Å²) in [5.41, 5.74) is 28.4. The van der Waals surface area contributed by atoms with E-state index in [0.717, 1.165) is 37.5 Å². The number of fused-ring (bicyclic) bond motifs is 19. The Labute approximate surface area is 356 Å². The van der Waals surface area contributed by atoms with Gasteiger partial charge in [0.2, 0.25) is 0 Å². The molecule has 5 aromatic carbocycles. The Morgan fingerprint density at radius 2 is 1.11 bits per heavy atom. The second-order valence-electron chi connectivity index (χ2n) is 21.4. The van der Waals surface area contributed by atoms with Gasteiger partial charge in [0, 0.05) is 38.7 Å². The fraction of sp³-hybridized carbons (Fsp3) is 0.310. The molecule has 4 heterocycles. The number of rotatable bonds is 0. The second kappa shape index (κ2) is 10.6. The van der Waals surface area contributed by atoms with Crippen LogP contribution in [0.1, 0.15) is 126 Å². The molecular formula is C58H47N3. The van der Waals surface area contributed by atoms with Gasteiger partial charge >= 0.3 is 0 Å². The van der Waals surface area contributed by atoms with Crippen molar-refractivity contribution in [1.82, 2.24) is 14.4 Å². The number of hydrogen-bond acceptors (Lipinski definition) is 2. The average molecular weight is 786 g/mol. The summed E-state index contributed by atoms with van der Waals surface area (Å²) >= 11 is 0. The third-order valence-electron chi connectivity index (χ3n) is 17.6. The van der Waals surface area contributed by atoms with Gasteiger partial charge in [-0.05, 0) is 159 Å². The molecule has 4 aromatic heterocycles. The Balaban J connectivity index is 1.12. The number of aryl methyl sites for hydroxylation is 4. The number of hydrogen-bond donors (Lipinski definition) is 0. The van der Waals surface area contributed by atoms with Crippen molar-refractivity contribution in [2.75, 3.05) is 0 Å². The summed E-state index contributed by atoms with van der Waals surface area (Å²) in [5.74, 6) is 2.93. The van der Waals surface area contributed by atoms with Crippen LogP contribution < -0.4 is 0 Å². The van der Waals surface area contributed by atoms with Gasteiger partial charge in [-0.2, -0.15) is 0 Å². The lowest BCUT2D eigenvalue weighted by molar-refractivity contribution is 0.165. The van der Waals surface area contributed by atoms with Crippen molar-refractivity contribution in [2.45, 2.75) is 101 Å². The average Bonchev–Trinajstić information content (AvgIpc) is 3.95. The van der Waals surface area contributed by atoms with Crippen LogP contribution in [0.4, 0.5) is 0 Å². The van der Waals surface area contributed by atoms with Crippen LogP contribution in [-0.2, 0) is 36.5 Å². The molecule has 0 radical (unpaired) electrons.